The second-order valence-corrected chi connectivity index (χ2v) is 7.58. The standard InChI is InChI=1S/C23H30N2O3/c1-15(2)18-9-6-8-16(3)22(18)24-23(26)25-13-7-10-20(25)19-14-17(27-4)11-12-21(19)28-5/h6,8-9,11-12,14-15,20H,7,10,13H2,1-5H3,(H,24,26). The van der Waals surface area contributed by atoms with Crippen LogP contribution in [0.25, 0.3) is 0 Å². The highest BCUT2D eigenvalue weighted by Gasteiger charge is 2.32. The molecule has 0 radical (unpaired) electrons. The number of para-hydroxylation sites is 1. The molecule has 1 N–H and O–H groups in total. The number of benzene rings is 2. The lowest BCUT2D eigenvalue weighted by atomic mass is 9.98. The predicted molar refractivity (Wildman–Crippen MR) is 113 cm³/mol. The van der Waals surface area contributed by atoms with Gasteiger partial charge in [0, 0.05) is 17.8 Å². The lowest BCUT2D eigenvalue weighted by Gasteiger charge is -2.28. The molecule has 1 aliphatic heterocycles. The van der Waals surface area contributed by atoms with Crippen LogP contribution in [0.1, 0.15) is 55.3 Å². The number of nitrogens with one attached hydrogen (secondary N) is 1. The Bertz CT molecular complexity index is 848. The molecule has 1 aliphatic rings. The summed E-state index contributed by atoms with van der Waals surface area (Å²) < 4.78 is 10.9. The maximum atomic E-state index is 13.2. The van der Waals surface area contributed by atoms with Gasteiger partial charge in [0.25, 0.3) is 0 Å². The number of aryl methyl sites for hydroxylation is 1. The zero-order valence-electron chi connectivity index (χ0n) is 17.4. The summed E-state index contributed by atoms with van der Waals surface area (Å²) in [6, 6.07) is 11.8. The number of urea groups is 1. The Morgan fingerprint density at radius 1 is 1.18 bits per heavy atom. The van der Waals surface area contributed by atoms with Crippen LogP contribution >= 0.6 is 0 Å². The van der Waals surface area contributed by atoms with Gasteiger partial charge >= 0.3 is 6.03 Å². The molecule has 0 bridgehead atoms. The maximum absolute atomic E-state index is 13.2. The Labute approximate surface area is 167 Å². The Morgan fingerprint density at radius 2 is 1.96 bits per heavy atom. The molecule has 0 saturated carbocycles. The highest BCUT2D eigenvalue weighted by Crippen LogP contribution is 2.39. The Balaban J connectivity index is 1.89. The third kappa shape index (κ3) is 3.93. The van der Waals surface area contributed by atoms with Crippen LogP contribution < -0.4 is 14.8 Å². The number of nitrogens with zero attached hydrogens (tertiary/aromatic N) is 1. The minimum absolute atomic E-state index is 0.0310. The van der Waals surface area contributed by atoms with Gasteiger partial charge in [-0.1, -0.05) is 32.0 Å². The molecule has 150 valence electrons. The molecule has 3 rings (SSSR count). The third-order valence-electron chi connectivity index (χ3n) is 5.47. The summed E-state index contributed by atoms with van der Waals surface area (Å²) in [5.74, 6) is 1.89. The van der Waals surface area contributed by atoms with Crippen LogP contribution in [0.5, 0.6) is 11.5 Å². The molecule has 1 atom stereocenters. The van der Waals surface area contributed by atoms with E-state index in [-0.39, 0.29) is 12.1 Å². The molecule has 2 aromatic carbocycles. The van der Waals surface area contributed by atoms with Crippen LogP contribution in [-0.4, -0.2) is 31.7 Å². The van der Waals surface area contributed by atoms with Gasteiger partial charge in [0.2, 0.25) is 0 Å². The number of methoxy groups -OCH3 is 2. The van der Waals surface area contributed by atoms with Crippen molar-refractivity contribution in [2.45, 2.75) is 45.6 Å². The van der Waals surface area contributed by atoms with Gasteiger partial charge in [-0.15, -0.1) is 0 Å². The van der Waals surface area contributed by atoms with Crippen molar-refractivity contribution in [1.82, 2.24) is 4.90 Å². The average Bonchev–Trinajstić information content (AvgIpc) is 3.18. The normalized spacial score (nSPS) is 16.4. The van der Waals surface area contributed by atoms with Crippen molar-refractivity contribution in [2.24, 2.45) is 0 Å². The zero-order chi connectivity index (χ0) is 20.3. The Kier molecular flexibility index (Phi) is 6.12. The van der Waals surface area contributed by atoms with E-state index in [1.807, 2.05) is 42.2 Å². The lowest BCUT2D eigenvalue weighted by molar-refractivity contribution is 0.206. The summed E-state index contributed by atoms with van der Waals surface area (Å²) in [5.41, 5.74) is 4.14. The number of hydrogen-bond donors (Lipinski definition) is 1. The molecule has 5 heteroatoms. The third-order valence-corrected chi connectivity index (χ3v) is 5.47. The van der Waals surface area contributed by atoms with Gasteiger partial charge in [-0.05, 0) is 55.0 Å². The fraction of sp³-hybridized carbons (Fsp3) is 0.435. The second kappa shape index (κ2) is 8.55. The highest BCUT2D eigenvalue weighted by atomic mass is 16.5. The minimum Gasteiger partial charge on any atom is -0.497 e. The number of anilines is 1. The van der Waals surface area contributed by atoms with Gasteiger partial charge in [-0.3, -0.25) is 0 Å². The number of hydrogen-bond acceptors (Lipinski definition) is 3. The molecular formula is C23H30N2O3. The molecule has 0 spiro atoms. The summed E-state index contributed by atoms with van der Waals surface area (Å²) in [5, 5.41) is 3.18. The van der Waals surface area contributed by atoms with Crippen LogP contribution in [-0.2, 0) is 0 Å². The molecule has 1 saturated heterocycles. The van der Waals surface area contributed by atoms with E-state index in [1.54, 1.807) is 14.2 Å². The maximum Gasteiger partial charge on any atom is 0.322 e. The van der Waals surface area contributed by atoms with E-state index >= 15 is 0 Å². The van der Waals surface area contributed by atoms with Crippen LogP contribution in [0.2, 0.25) is 0 Å². The minimum atomic E-state index is -0.0661. The molecular weight excluding hydrogens is 352 g/mol. The van der Waals surface area contributed by atoms with Gasteiger partial charge in [0.05, 0.1) is 20.3 Å². The molecule has 0 aromatic heterocycles. The summed E-state index contributed by atoms with van der Waals surface area (Å²) in [6.45, 7) is 7.04. The average molecular weight is 383 g/mol. The summed E-state index contributed by atoms with van der Waals surface area (Å²) in [7, 11) is 3.31. The van der Waals surface area contributed by atoms with E-state index in [0.717, 1.165) is 53.3 Å². The van der Waals surface area contributed by atoms with Crippen LogP contribution in [0, 0.1) is 6.92 Å². The van der Waals surface area contributed by atoms with Gasteiger partial charge in [0.1, 0.15) is 11.5 Å². The van der Waals surface area contributed by atoms with Crippen molar-refractivity contribution in [3.8, 4) is 11.5 Å². The first-order chi connectivity index (χ1) is 13.5. The SMILES string of the molecule is COc1ccc(OC)c(C2CCCN2C(=O)Nc2c(C)cccc2C(C)C)c1. The molecule has 5 nitrogen and oxygen atoms in total. The lowest BCUT2D eigenvalue weighted by Crippen LogP contribution is -2.35. The van der Waals surface area contributed by atoms with Crippen molar-refractivity contribution in [1.29, 1.82) is 0 Å². The Hall–Kier alpha value is -2.69. The predicted octanol–water partition coefficient (Wildman–Crippen LogP) is 5.50. The number of rotatable bonds is 5. The molecule has 1 unspecified atom stereocenters. The largest absolute Gasteiger partial charge is 0.497 e. The number of likely N-dealkylation sites (tertiary alicyclic amines) is 1. The van der Waals surface area contributed by atoms with Crippen molar-refractivity contribution >= 4 is 11.7 Å². The summed E-state index contributed by atoms with van der Waals surface area (Å²) in [4.78, 5) is 15.1. The molecule has 2 amide bonds. The van der Waals surface area contributed by atoms with E-state index in [1.165, 1.54) is 0 Å². The number of ether oxygens (including phenoxy) is 2. The Morgan fingerprint density at radius 3 is 2.64 bits per heavy atom. The van der Waals surface area contributed by atoms with E-state index in [0.29, 0.717) is 5.92 Å². The van der Waals surface area contributed by atoms with E-state index < -0.39 is 0 Å². The summed E-state index contributed by atoms with van der Waals surface area (Å²) in [6.07, 6.45) is 1.87. The second-order valence-electron chi connectivity index (χ2n) is 7.58. The van der Waals surface area contributed by atoms with Gasteiger partial charge in [-0.25, -0.2) is 4.79 Å². The summed E-state index contributed by atoms with van der Waals surface area (Å²) >= 11 is 0. The molecule has 1 heterocycles. The molecule has 28 heavy (non-hydrogen) atoms. The first-order valence-electron chi connectivity index (χ1n) is 9.85. The topological polar surface area (TPSA) is 50.8 Å². The number of carbonyl (C=O) groups is 1. The number of amides is 2. The first-order valence-corrected chi connectivity index (χ1v) is 9.85. The van der Waals surface area contributed by atoms with Gasteiger partial charge < -0.3 is 19.7 Å². The van der Waals surface area contributed by atoms with Crippen LogP contribution in [0.15, 0.2) is 36.4 Å². The molecule has 0 aliphatic carbocycles. The first kappa shape index (κ1) is 20.1. The van der Waals surface area contributed by atoms with Gasteiger partial charge in [-0.2, -0.15) is 0 Å². The number of carbonyl (C=O) groups excluding carboxylic acids is 1. The van der Waals surface area contributed by atoms with Crippen LogP contribution in [0.3, 0.4) is 0 Å². The smallest absolute Gasteiger partial charge is 0.322 e. The molecule has 2 aromatic rings. The van der Waals surface area contributed by atoms with Crippen molar-refractivity contribution in [2.75, 3.05) is 26.1 Å². The quantitative estimate of drug-likeness (QED) is 0.742. The van der Waals surface area contributed by atoms with Gasteiger partial charge in [0.15, 0.2) is 0 Å². The van der Waals surface area contributed by atoms with Crippen molar-refractivity contribution < 1.29 is 14.3 Å². The fourth-order valence-corrected chi connectivity index (χ4v) is 3.95. The van der Waals surface area contributed by atoms with E-state index in [2.05, 4.69) is 25.2 Å². The van der Waals surface area contributed by atoms with E-state index in [9.17, 15) is 4.79 Å². The van der Waals surface area contributed by atoms with Crippen molar-refractivity contribution in [3.63, 3.8) is 0 Å². The highest BCUT2D eigenvalue weighted by molar-refractivity contribution is 5.91. The van der Waals surface area contributed by atoms with E-state index in [4.69, 9.17) is 9.47 Å². The molecule has 1 fully saturated rings. The fourth-order valence-electron chi connectivity index (χ4n) is 3.95. The van der Waals surface area contributed by atoms with Crippen molar-refractivity contribution in [3.05, 3.63) is 53.1 Å². The zero-order valence-corrected chi connectivity index (χ0v) is 17.4. The van der Waals surface area contributed by atoms with Crippen LogP contribution in [0.4, 0.5) is 10.5 Å². The monoisotopic (exact) mass is 382 g/mol.